The van der Waals surface area contributed by atoms with Gasteiger partial charge in [0, 0.05) is 11.3 Å². The van der Waals surface area contributed by atoms with Gasteiger partial charge >= 0.3 is 0 Å². The summed E-state index contributed by atoms with van der Waals surface area (Å²) in [6.07, 6.45) is 2.05. The average Bonchev–Trinajstić information content (AvgIpc) is 3.46. The van der Waals surface area contributed by atoms with E-state index in [2.05, 4.69) is 0 Å². The standard InChI is InChI=1S/C25H22O5S/c1-16-18(3-2-4-21(16)17-5-8-20(9-6-17)31(27)28)13-24(26)25(11-12-25)19-7-10-22-23(14-19)30-15-29-22/h2-10,14H,11-13,15H2,1H3,(H,27,28)/p-1. The van der Waals surface area contributed by atoms with Crippen molar-refractivity contribution in [2.24, 2.45) is 0 Å². The van der Waals surface area contributed by atoms with Crippen molar-refractivity contribution in [1.82, 2.24) is 0 Å². The Morgan fingerprint density at radius 3 is 2.48 bits per heavy atom. The Morgan fingerprint density at radius 2 is 1.77 bits per heavy atom. The van der Waals surface area contributed by atoms with Gasteiger partial charge < -0.3 is 14.0 Å². The third-order valence-electron chi connectivity index (χ3n) is 6.36. The van der Waals surface area contributed by atoms with Gasteiger partial charge in [-0.05, 0) is 82.9 Å². The Kier molecular flexibility index (Phi) is 4.91. The number of Topliss-reactive ketones (excluding diaryl/α,β-unsaturated/α-hetero) is 1. The molecule has 1 aliphatic heterocycles. The first kappa shape index (κ1) is 20.0. The molecule has 5 rings (SSSR count). The predicted molar refractivity (Wildman–Crippen MR) is 116 cm³/mol. The van der Waals surface area contributed by atoms with Crippen LogP contribution in [0, 0.1) is 6.92 Å². The van der Waals surface area contributed by atoms with Crippen molar-refractivity contribution in [3.05, 3.63) is 77.4 Å². The quantitative estimate of drug-likeness (QED) is 0.536. The van der Waals surface area contributed by atoms with E-state index >= 15 is 0 Å². The van der Waals surface area contributed by atoms with Crippen LogP contribution in [0.15, 0.2) is 65.6 Å². The maximum Gasteiger partial charge on any atom is 0.231 e. The second-order valence-corrected chi connectivity index (χ2v) is 9.04. The van der Waals surface area contributed by atoms with Gasteiger partial charge in [0.15, 0.2) is 11.5 Å². The van der Waals surface area contributed by atoms with Crippen molar-refractivity contribution in [3.63, 3.8) is 0 Å². The van der Waals surface area contributed by atoms with Crippen LogP contribution in [0.25, 0.3) is 11.1 Å². The molecular weight excluding hydrogens is 412 g/mol. The van der Waals surface area contributed by atoms with Gasteiger partial charge in [0.2, 0.25) is 6.79 Å². The molecule has 0 aromatic heterocycles. The SMILES string of the molecule is Cc1c(CC(=O)C2(c3ccc4c(c3)OCO4)CC2)cccc1-c1ccc(S(=O)[O-])cc1. The largest absolute Gasteiger partial charge is 0.768 e. The zero-order valence-electron chi connectivity index (χ0n) is 17.1. The lowest BCUT2D eigenvalue weighted by molar-refractivity contribution is -0.120. The van der Waals surface area contributed by atoms with E-state index in [4.69, 9.17) is 9.47 Å². The monoisotopic (exact) mass is 433 g/mol. The van der Waals surface area contributed by atoms with E-state index in [0.29, 0.717) is 12.2 Å². The zero-order valence-corrected chi connectivity index (χ0v) is 17.9. The molecule has 6 heteroatoms. The molecule has 1 aliphatic carbocycles. The maximum atomic E-state index is 13.4. The molecule has 1 atom stereocenters. The van der Waals surface area contributed by atoms with Gasteiger partial charge in [-0.2, -0.15) is 0 Å². The van der Waals surface area contributed by atoms with Crippen molar-refractivity contribution in [1.29, 1.82) is 0 Å². The lowest BCUT2D eigenvalue weighted by Crippen LogP contribution is -2.23. The zero-order chi connectivity index (χ0) is 21.6. The molecule has 1 saturated carbocycles. The summed E-state index contributed by atoms with van der Waals surface area (Å²) >= 11 is -2.24. The molecule has 2 aliphatic rings. The summed E-state index contributed by atoms with van der Waals surface area (Å²) in [6.45, 7) is 2.23. The van der Waals surface area contributed by atoms with Gasteiger partial charge in [0.25, 0.3) is 0 Å². The van der Waals surface area contributed by atoms with Gasteiger partial charge in [0.05, 0.1) is 5.41 Å². The van der Waals surface area contributed by atoms with E-state index in [-0.39, 0.29) is 17.5 Å². The molecule has 1 unspecified atom stereocenters. The van der Waals surface area contributed by atoms with Crippen LogP contribution in [0.2, 0.25) is 0 Å². The Morgan fingerprint density at radius 1 is 1.03 bits per heavy atom. The molecule has 3 aromatic carbocycles. The fraction of sp³-hybridized carbons (Fsp3) is 0.240. The van der Waals surface area contributed by atoms with Gasteiger partial charge in [-0.1, -0.05) is 36.4 Å². The summed E-state index contributed by atoms with van der Waals surface area (Å²) in [4.78, 5) is 13.6. The van der Waals surface area contributed by atoms with Gasteiger partial charge in [-0.3, -0.25) is 9.00 Å². The molecule has 0 N–H and O–H groups in total. The molecule has 0 amide bonds. The second-order valence-electron chi connectivity index (χ2n) is 8.10. The van der Waals surface area contributed by atoms with E-state index in [1.54, 1.807) is 24.3 Å². The normalized spacial score (nSPS) is 16.7. The number of rotatable bonds is 6. The van der Waals surface area contributed by atoms with Crippen molar-refractivity contribution in [2.75, 3.05) is 6.79 Å². The summed E-state index contributed by atoms with van der Waals surface area (Å²) in [5, 5.41) is 0. The number of hydrogen-bond donors (Lipinski definition) is 0. The van der Waals surface area contributed by atoms with E-state index in [0.717, 1.165) is 46.4 Å². The van der Waals surface area contributed by atoms with Crippen molar-refractivity contribution >= 4 is 16.9 Å². The molecule has 158 valence electrons. The van der Waals surface area contributed by atoms with Gasteiger partial charge in [-0.25, -0.2) is 0 Å². The van der Waals surface area contributed by atoms with E-state index in [1.165, 1.54) is 0 Å². The third kappa shape index (κ3) is 3.56. The number of ether oxygens (including phenoxy) is 2. The number of carbonyl (C=O) groups excluding carboxylic acids is 1. The van der Waals surface area contributed by atoms with Crippen LogP contribution in [-0.2, 0) is 27.7 Å². The highest BCUT2D eigenvalue weighted by molar-refractivity contribution is 7.79. The number of ketones is 1. The van der Waals surface area contributed by atoms with Crippen LogP contribution in [0.3, 0.4) is 0 Å². The minimum Gasteiger partial charge on any atom is -0.768 e. The first-order valence-corrected chi connectivity index (χ1v) is 11.3. The van der Waals surface area contributed by atoms with Crippen LogP contribution in [0.1, 0.15) is 29.5 Å². The summed E-state index contributed by atoms with van der Waals surface area (Å²) in [7, 11) is 0. The number of carbonyl (C=O) groups is 1. The highest BCUT2D eigenvalue weighted by atomic mass is 32.2. The molecule has 0 spiro atoms. The highest BCUT2D eigenvalue weighted by Crippen LogP contribution is 2.51. The second kappa shape index (κ2) is 7.62. The van der Waals surface area contributed by atoms with Crippen LogP contribution >= 0.6 is 0 Å². The summed E-state index contributed by atoms with van der Waals surface area (Å²) < 4.78 is 33.1. The number of hydrogen-bond acceptors (Lipinski definition) is 5. The molecule has 5 nitrogen and oxygen atoms in total. The summed E-state index contributed by atoms with van der Waals surface area (Å²) in [5.41, 5.74) is 4.51. The molecule has 1 fully saturated rings. The average molecular weight is 434 g/mol. The smallest absolute Gasteiger partial charge is 0.231 e. The molecular formula is C25H21O5S-. The lowest BCUT2D eigenvalue weighted by Gasteiger charge is -2.17. The fourth-order valence-corrected chi connectivity index (χ4v) is 4.68. The van der Waals surface area contributed by atoms with E-state index < -0.39 is 16.5 Å². The van der Waals surface area contributed by atoms with E-state index in [1.807, 2.05) is 43.3 Å². The van der Waals surface area contributed by atoms with Crippen LogP contribution in [-0.4, -0.2) is 21.3 Å². The Labute approximate surface area is 183 Å². The molecule has 0 radical (unpaired) electrons. The Balaban J connectivity index is 1.41. The van der Waals surface area contributed by atoms with Gasteiger partial charge in [0.1, 0.15) is 5.78 Å². The van der Waals surface area contributed by atoms with Crippen molar-refractivity contribution in [3.8, 4) is 22.6 Å². The first-order valence-electron chi connectivity index (χ1n) is 10.2. The Hall–Kier alpha value is -2.96. The molecule has 0 bridgehead atoms. The first-order chi connectivity index (χ1) is 15.0. The third-order valence-corrected chi connectivity index (χ3v) is 7.02. The van der Waals surface area contributed by atoms with Crippen LogP contribution in [0.5, 0.6) is 11.5 Å². The highest BCUT2D eigenvalue weighted by Gasteiger charge is 2.50. The minimum atomic E-state index is -2.24. The van der Waals surface area contributed by atoms with Crippen LogP contribution < -0.4 is 9.47 Å². The lowest BCUT2D eigenvalue weighted by atomic mass is 9.86. The van der Waals surface area contributed by atoms with Crippen LogP contribution in [0.4, 0.5) is 0 Å². The summed E-state index contributed by atoms with van der Waals surface area (Å²) in [6, 6.07) is 18.5. The van der Waals surface area contributed by atoms with E-state index in [9.17, 15) is 13.6 Å². The molecule has 31 heavy (non-hydrogen) atoms. The maximum absolute atomic E-state index is 13.4. The molecule has 1 heterocycles. The van der Waals surface area contributed by atoms with Gasteiger partial charge in [-0.15, -0.1) is 0 Å². The fourth-order valence-electron chi connectivity index (χ4n) is 4.32. The molecule has 0 saturated heterocycles. The number of benzene rings is 3. The minimum absolute atomic E-state index is 0.212. The molecule has 3 aromatic rings. The topological polar surface area (TPSA) is 75.7 Å². The Bertz CT molecular complexity index is 1200. The van der Waals surface area contributed by atoms with Crippen molar-refractivity contribution in [2.45, 2.75) is 36.5 Å². The number of fused-ring (bicyclic) bond motifs is 1. The predicted octanol–water partition coefficient (Wildman–Crippen LogP) is 4.47. The van der Waals surface area contributed by atoms with Crippen molar-refractivity contribution < 1.29 is 23.0 Å². The summed E-state index contributed by atoms with van der Waals surface area (Å²) in [5.74, 6) is 1.64.